The van der Waals surface area contributed by atoms with Crippen molar-refractivity contribution in [2.24, 2.45) is 0 Å². The average Bonchev–Trinajstić information content (AvgIpc) is 2.45. The lowest BCUT2D eigenvalue weighted by molar-refractivity contribution is 0.0935. The van der Waals surface area contributed by atoms with Crippen LogP contribution < -0.4 is 10.1 Å². The Labute approximate surface area is 120 Å². The Hall–Kier alpha value is -1.62. The van der Waals surface area contributed by atoms with E-state index in [4.69, 9.17) is 9.84 Å². The number of amides is 1. The summed E-state index contributed by atoms with van der Waals surface area (Å²) >= 11 is 0. The van der Waals surface area contributed by atoms with E-state index in [2.05, 4.69) is 10.3 Å². The van der Waals surface area contributed by atoms with Crippen LogP contribution in [0.2, 0.25) is 0 Å². The Morgan fingerprint density at radius 3 is 2.90 bits per heavy atom. The van der Waals surface area contributed by atoms with Gasteiger partial charge in [0, 0.05) is 30.5 Å². The van der Waals surface area contributed by atoms with Crippen molar-refractivity contribution < 1.29 is 14.6 Å². The van der Waals surface area contributed by atoms with Gasteiger partial charge in [0.25, 0.3) is 5.91 Å². The summed E-state index contributed by atoms with van der Waals surface area (Å²) < 4.78 is 5.60. The van der Waals surface area contributed by atoms with Crippen molar-refractivity contribution in [3.63, 3.8) is 0 Å². The van der Waals surface area contributed by atoms with E-state index < -0.39 is 0 Å². The lowest BCUT2D eigenvalue weighted by atomic mass is 10.1. The topological polar surface area (TPSA) is 71.5 Å². The van der Waals surface area contributed by atoms with Gasteiger partial charge in [-0.05, 0) is 39.2 Å². The molecule has 1 rings (SSSR count). The number of aromatic nitrogens is 1. The Balaban J connectivity index is 2.61. The molecule has 20 heavy (non-hydrogen) atoms. The molecule has 0 aliphatic rings. The largest absolute Gasteiger partial charge is 0.475 e. The van der Waals surface area contributed by atoms with E-state index in [9.17, 15) is 4.79 Å². The van der Waals surface area contributed by atoms with Gasteiger partial charge in [-0.25, -0.2) is 4.98 Å². The summed E-state index contributed by atoms with van der Waals surface area (Å²) in [5.41, 5.74) is 0.536. The fraction of sp³-hybridized carbons (Fsp3) is 0.600. The van der Waals surface area contributed by atoms with E-state index in [1.165, 1.54) is 0 Å². The number of aliphatic hydroxyl groups excluding tert-OH is 1. The van der Waals surface area contributed by atoms with Gasteiger partial charge in [0.2, 0.25) is 5.88 Å². The molecule has 1 aromatic rings. The quantitative estimate of drug-likeness (QED) is 0.765. The molecule has 0 aliphatic carbocycles. The van der Waals surface area contributed by atoms with Crippen molar-refractivity contribution in [3.05, 3.63) is 23.9 Å². The second-order valence-corrected chi connectivity index (χ2v) is 4.96. The SMILES string of the molecule is CCC(C)Oc1cc(C(=O)NC(C)CCCO)ccn1. The molecule has 5 nitrogen and oxygen atoms in total. The predicted octanol–water partition coefficient (Wildman–Crippen LogP) is 2.15. The Morgan fingerprint density at radius 1 is 1.50 bits per heavy atom. The molecule has 0 fully saturated rings. The number of ether oxygens (including phenoxy) is 1. The third-order valence-electron chi connectivity index (χ3n) is 3.07. The van der Waals surface area contributed by atoms with Crippen molar-refractivity contribution in [1.29, 1.82) is 0 Å². The van der Waals surface area contributed by atoms with Gasteiger partial charge in [-0.3, -0.25) is 4.79 Å². The van der Waals surface area contributed by atoms with Crippen molar-refractivity contribution >= 4 is 5.91 Å². The molecule has 1 aromatic heterocycles. The molecule has 0 aromatic carbocycles. The highest BCUT2D eigenvalue weighted by Crippen LogP contribution is 2.12. The van der Waals surface area contributed by atoms with Gasteiger partial charge in [-0.1, -0.05) is 6.92 Å². The molecule has 2 N–H and O–H groups in total. The van der Waals surface area contributed by atoms with Crippen LogP contribution in [0.1, 0.15) is 50.4 Å². The van der Waals surface area contributed by atoms with Crippen LogP contribution in [0, 0.1) is 0 Å². The lowest BCUT2D eigenvalue weighted by Crippen LogP contribution is -2.32. The molecule has 0 bridgehead atoms. The molecule has 0 aliphatic heterocycles. The summed E-state index contributed by atoms with van der Waals surface area (Å²) in [6.07, 6.45) is 3.97. The van der Waals surface area contributed by atoms with Gasteiger partial charge in [-0.15, -0.1) is 0 Å². The average molecular weight is 280 g/mol. The van der Waals surface area contributed by atoms with Crippen LogP contribution in [-0.2, 0) is 0 Å². The molecule has 112 valence electrons. The van der Waals surface area contributed by atoms with Crippen molar-refractivity contribution in [3.8, 4) is 5.88 Å². The molecular weight excluding hydrogens is 256 g/mol. The standard InChI is InChI=1S/C15H24N2O3/c1-4-12(3)20-14-10-13(7-8-16-14)15(19)17-11(2)6-5-9-18/h7-8,10-12,18H,4-6,9H2,1-3H3,(H,17,19). The van der Waals surface area contributed by atoms with Crippen LogP contribution in [-0.4, -0.2) is 34.8 Å². The maximum atomic E-state index is 12.1. The van der Waals surface area contributed by atoms with Gasteiger partial charge >= 0.3 is 0 Å². The number of carbonyl (C=O) groups is 1. The van der Waals surface area contributed by atoms with Gasteiger partial charge < -0.3 is 15.2 Å². The zero-order valence-electron chi connectivity index (χ0n) is 12.4. The van der Waals surface area contributed by atoms with Crippen molar-refractivity contribution in [1.82, 2.24) is 10.3 Å². The first-order chi connectivity index (χ1) is 9.56. The molecule has 0 radical (unpaired) electrons. The fourth-order valence-electron chi connectivity index (χ4n) is 1.68. The number of nitrogens with one attached hydrogen (secondary N) is 1. The molecule has 5 heteroatoms. The van der Waals surface area contributed by atoms with E-state index in [0.29, 0.717) is 17.9 Å². The summed E-state index contributed by atoms with van der Waals surface area (Å²) in [4.78, 5) is 16.2. The van der Waals surface area contributed by atoms with Gasteiger partial charge in [-0.2, -0.15) is 0 Å². The predicted molar refractivity (Wildman–Crippen MR) is 77.9 cm³/mol. The highest BCUT2D eigenvalue weighted by molar-refractivity contribution is 5.94. The number of hydrogen-bond acceptors (Lipinski definition) is 4. The van der Waals surface area contributed by atoms with Crippen molar-refractivity contribution in [2.75, 3.05) is 6.61 Å². The molecule has 2 unspecified atom stereocenters. The maximum absolute atomic E-state index is 12.1. The Bertz CT molecular complexity index is 423. The van der Waals surface area contributed by atoms with Gasteiger partial charge in [0.15, 0.2) is 0 Å². The number of carbonyl (C=O) groups excluding carboxylic acids is 1. The number of rotatable bonds is 8. The summed E-state index contributed by atoms with van der Waals surface area (Å²) in [6, 6.07) is 3.35. The van der Waals surface area contributed by atoms with Crippen molar-refractivity contribution in [2.45, 2.75) is 52.2 Å². The van der Waals surface area contributed by atoms with Gasteiger partial charge in [0.1, 0.15) is 0 Å². The number of aliphatic hydroxyl groups is 1. The fourth-order valence-corrected chi connectivity index (χ4v) is 1.68. The number of hydrogen-bond donors (Lipinski definition) is 2. The van der Waals surface area contributed by atoms with E-state index in [1.54, 1.807) is 18.3 Å². The molecular formula is C15H24N2O3. The first-order valence-corrected chi connectivity index (χ1v) is 7.11. The Kier molecular flexibility index (Phi) is 7.01. The van der Waals surface area contributed by atoms with Gasteiger partial charge in [0.05, 0.1) is 6.10 Å². The van der Waals surface area contributed by atoms with Crippen LogP contribution in [0.15, 0.2) is 18.3 Å². The highest BCUT2D eigenvalue weighted by Gasteiger charge is 2.11. The van der Waals surface area contributed by atoms with Crippen LogP contribution in [0.3, 0.4) is 0 Å². The lowest BCUT2D eigenvalue weighted by Gasteiger charge is -2.14. The molecule has 2 atom stereocenters. The highest BCUT2D eigenvalue weighted by atomic mass is 16.5. The van der Waals surface area contributed by atoms with Crippen LogP contribution in [0.5, 0.6) is 5.88 Å². The zero-order valence-corrected chi connectivity index (χ0v) is 12.4. The second kappa shape index (κ2) is 8.53. The first kappa shape index (κ1) is 16.4. The second-order valence-electron chi connectivity index (χ2n) is 4.96. The maximum Gasteiger partial charge on any atom is 0.251 e. The molecule has 0 spiro atoms. The molecule has 1 heterocycles. The summed E-state index contributed by atoms with van der Waals surface area (Å²) in [5, 5.41) is 11.7. The molecule has 0 saturated heterocycles. The summed E-state index contributed by atoms with van der Waals surface area (Å²) in [6.45, 7) is 6.06. The van der Waals surface area contributed by atoms with E-state index in [-0.39, 0.29) is 24.7 Å². The Morgan fingerprint density at radius 2 is 2.25 bits per heavy atom. The van der Waals surface area contributed by atoms with Crippen LogP contribution >= 0.6 is 0 Å². The third-order valence-corrected chi connectivity index (χ3v) is 3.07. The minimum atomic E-state index is -0.146. The van der Waals surface area contributed by atoms with E-state index in [0.717, 1.165) is 12.8 Å². The normalized spacial score (nSPS) is 13.6. The molecule has 1 amide bonds. The summed E-state index contributed by atoms with van der Waals surface area (Å²) in [5.74, 6) is 0.321. The number of pyridine rings is 1. The summed E-state index contributed by atoms with van der Waals surface area (Å²) in [7, 11) is 0. The van der Waals surface area contributed by atoms with E-state index in [1.807, 2.05) is 20.8 Å². The smallest absolute Gasteiger partial charge is 0.251 e. The minimum absolute atomic E-state index is 0.0294. The zero-order chi connectivity index (χ0) is 15.0. The number of nitrogens with zero attached hydrogens (tertiary/aromatic N) is 1. The first-order valence-electron chi connectivity index (χ1n) is 7.11. The van der Waals surface area contributed by atoms with E-state index >= 15 is 0 Å². The molecule has 0 saturated carbocycles. The van der Waals surface area contributed by atoms with Crippen LogP contribution in [0.25, 0.3) is 0 Å². The minimum Gasteiger partial charge on any atom is -0.475 e. The third kappa shape index (κ3) is 5.57. The monoisotopic (exact) mass is 280 g/mol. The van der Waals surface area contributed by atoms with Crippen LogP contribution in [0.4, 0.5) is 0 Å².